The molecule has 0 fully saturated rings. The van der Waals surface area contributed by atoms with Gasteiger partial charge in [0.05, 0.1) is 24.4 Å². The fourth-order valence-corrected chi connectivity index (χ4v) is 2.74. The number of methoxy groups -OCH3 is 1. The first kappa shape index (κ1) is 13.6. The molecule has 21 heavy (non-hydrogen) atoms. The van der Waals surface area contributed by atoms with E-state index in [2.05, 4.69) is 17.2 Å². The van der Waals surface area contributed by atoms with Crippen molar-refractivity contribution >= 4 is 10.9 Å². The molecule has 1 unspecified atom stereocenters. The Kier molecular flexibility index (Phi) is 3.39. The average Bonchev–Trinajstić information content (AvgIpc) is 2.84. The fraction of sp³-hybridized carbons (Fsp3) is 0.235. The molecule has 0 bridgehead atoms. The third-order valence-electron chi connectivity index (χ3n) is 3.89. The number of hydrogen-bond acceptors (Lipinski definition) is 3. The highest BCUT2D eigenvalue weighted by Gasteiger charge is 2.18. The summed E-state index contributed by atoms with van der Waals surface area (Å²) in [4.78, 5) is 0. The van der Waals surface area contributed by atoms with Crippen LogP contribution in [0.4, 0.5) is 0 Å². The lowest BCUT2D eigenvalue weighted by molar-refractivity contribution is 0.414. The maximum atomic E-state index is 6.47. The van der Waals surface area contributed by atoms with Crippen LogP contribution in [-0.4, -0.2) is 16.9 Å². The van der Waals surface area contributed by atoms with Crippen molar-refractivity contribution in [3.63, 3.8) is 0 Å². The van der Waals surface area contributed by atoms with E-state index in [0.29, 0.717) is 0 Å². The minimum absolute atomic E-state index is 0.248. The number of rotatable bonds is 3. The molecule has 108 valence electrons. The van der Waals surface area contributed by atoms with Crippen molar-refractivity contribution in [2.45, 2.75) is 13.0 Å². The van der Waals surface area contributed by atoms with Gasteiger partial charge in [-0.25, -0.2) is 0 Å². The van der Waals surface area contributed by atoms with Gasteiger partial charge in [-0.1, -0.05) is 24.3 Å². The van der Waals surface area contributed by atoms with Crippen LogP contribution in [0, 0.1) is 6.92 Å². The number of aryl methyl sites for hydroxylation is 2. The van der Waals surface area contributed by atoms with E-state index in [-0.39, 0.29) is 6.04 Å². The molecule has 3 rings (SSSR count). The van der Waals surface area contributed by atoms with E-state index >= 15 is 0 Å². The molecule has 2 N–H and O–H groups in total. The van der Waals surface area contributed by atoms with Crippen molar-refractivity contribution < 1.29 is 4.74 Å². The van der Waals surface area contributed by atoms with E-state index in [1.54, 1.807) is 7.11 Å². The van der Waals surface area contributed by atoms with Crippen LogP contribution in [0.1, 0.15) is 22.9 Å². The van der Waals surface area contributed by atoms with E-state index in [1.807, 2.05) is 49.0 Å². The molecule has 0 aliphatic rings. The van der Waals surface area contributed by atoms with Gasteiger partial charge in [-0.15, -0.1) is 0 Å². The zero-order valence-electron chi connectivity index (χ0n) is 12.5. The molecule has 3 aromatic rings. The summed E-state index contributed by atoms with van der Waals surface area (Å²) in [6.07, 6.45) is 0. The Balaban J connectivity index is 2.10. The molecule has 0 amide bonds. The molecular weight excluding hydrogens is 262 g/mol. The lowest BCUT2D eigenvalue weighted by Gasteiger charge is -2.14. The van der Waals surface area contributed by atoms with Crippen molar-refractivity contribution in [2.24, 2.45) is 12.8 Å². The van der Waals surface area contributed by atoms with Gasteiger partial charge in [0.25, 0.3) is 0 Å². The number of nitrogens with zero attached hydrogens (tertiary/aromatic N) is 2. The van der Waals surface area contributed by atoms with Crippen LogP contribution in [0.15, 0.2) is 42.5 Å². The summed E-state index contributed by atoms with van der Waals surface area (Å²) in [5.41, 5.74) is 10.6. The minimum atomic E-state index is -0.248. The van der Waals surface area contributed by atoms with Gasteiger partial charge in [0.15, 0.2) is 0 Å². The van der Waals surface area contributed by atoms with Crippen LogP contribution in [0.5, 0.6) is 5.75 Å². The molecule has 0 saturated carbocycles. The normalized spacial score (nSPS) is 12.6. The molecule has 0 aliphatic carbocycles. The number of aromatic nitrogens is 2. The van der Waals surface area contributed by atoms with Crippen LogP contribution in [-0.2, 0) is 7.05 Å². The summed E-state index contributed by atoms with van der Waals surface area (Å²) in [5.74, 6) is 0.842. The largest absolute Gasteiger partial charge is 0.497 e. The second-order valence-electron chi connectivity index (χ2n) is 5.23. The Morgan fingerprint density at radius 2 is 1.95 bits per heavy atom. The molecule has 2 aromatic carbocycles. The van der Waals surface area contributed by atoms with E-state index in [9.17, 15) is 0 Å². The van der Waals surface area contributed by atoms with Crippen LogP contribution >= 0.6 is 0 Å². The maximum absolute atomic E-state index is 6.47. The first-order valence-electron chi connectivity index (χ1n) is 6.93. The number of benzene rings is 2. The number of fused-ring (bicyclic) bond motifs is 1. The maximum Gasteiger partial charge on any atom is 0.119 e. The third kappa shape index (κ3) is 2.28. The van der Waals surface area contributed by atoms with Gasteiger partial charge in [0.1, 0.15) is 5.75 Å². The van der Waals surface area contributed by atoms with E-state index in [0.717, 1.165) is 33.5 Å². The molecule has 0 spiro atoms. The zero-order valence-corrected chi connectivity index (χ0v) is 12.5. The monoisotopic (exact) mass is 281 g/mol. The van der Waals surface area contributed by atoms with E-state index in [4.69, 9.17) is 10.5 Å². The van der Waals surface area contributed by atoms with Crippen molar-refractivity contribution in [3.8, 4) is 5.75 Å². The number of hydrogen-bond donors (Lipinski definition) is 1. The Morgan fingerprint density at radius 1 is 1.19 bits per heavy atom. The zero-order chi connectivity index (χ0) is 15.0. The standard InChI is InChI=1S/C17H19N3O/c1-11-10-12(21-3)8-9-13(11)16(18)17-14-6-4-5-7-15(14)20(2)19-17/h4-10,16H,18H2,1-3H3. The van der Waals surface area contributed by atoms with E-state index < -0.39 is 0 Å². The van der Waals surface area contributed by atoms with Crippen LogP contribution in [0.25, 0.3) is 10.9 Å². The Morgan fingerprint density at radius 3 is 2.67 bits per heavy atom. The summed E-state index contributed by atoms with van der Waals surface area (Å²) >= 11 is 0. The highest BCUT2D eigenvalue weighted by Crippen LogP contribution is 2.29. The quantitative estimate of drug-likeness (QED) is 0.803. The Hall–Kier alpha value is -2.33. The Labute approximate surface area is 124 Å². The van der Waals surface area contributed by atoms with Gasteiger partial charge in [0, 0.05) is 12.4 Å². The van der Waals surface area contributed by atoms with Gasteiger partial charge >= 0.3 is 0 Å². The van der Waals surface area contributed by atoms with Crippen LogP contribution in [0.3, 0.4) is 0 Å². The molecular formula is C17H19N3O. The number of para-hydroxylation sites is 1. The molecule has 0 aliphatic heterocycles. The molecule has 4 nitrogen and oxygen atoms in total. The van der Waals surface area contributed by atoms with Crippen molar-refractivity contribution in [1.29, 1.82) is 0 Å². The summed E-state index contributed by atoms with van der Waals surface area (Å²) in [7, 11) is 3.61. The highest BCUT2D eigenvalue weighted by molar-refractivity contribution is 5.82. The minimum Gasteiger partial charge on any atom is -0.497 e. The van der Waals surface area contributed by atoms with Crippen molar-refractivity contribution in [3.05, 3.63) is 59.3 Å². The smallest absolute Gasteiger partial charge is 0.119 e. The highest BCUT2D eigenvalue weighted by atomic mass is 16.5. The average molecular weight is 281 g/mol. The summed E-state index contributed by atoms with van der Waals surface area (Å²) in [6, 6.07) is 13.9. The summed E-state index contributed by atoms with van der Waals surface area (Å²) < 4.78 is 7.13. The topological polar surface area (TPSA) is 53.1 Å². The first-order chi connectivity index (χ1) is 10.1. The Bertz CT molecular complexity index is 792. The molecule has 0 radical (unpaired) electrons. The molecule has 1 atom stereocenters. The SMILES string of the molecule is COc1ccc(C(N)c2nn(C)c3ccccc23)c(C)c1. The molecule has 1 heterocycles. The molecule has 4 heteroatoms. The van der Waals surface area contributed by atoms with Crippen LogP contribution in [0.2, 0.25) is 0 Å². The second kappa shape index (κ2) is 5.22. The van der Waals surface area contributed by atoms with E-state index in [1.165, 1.54) is 0 Å². The summed E-state index contributed by atoms with van der Waals surface area (Å²) in [6.45, 7) is 2.04. The predicted molar refractivity (Wildman–Crippen MR) is 84.5 cm³/mol. The molecule has 0 saturated heterocycles. The van der Waals surface area contributed by atoms with Gasteiger partial charge < -0.3 is 10.5 Å². The molecule has 1 aromatic heterocycles. The number of nitrogens with two attached hydrogens (primary N) is 1. The van der Waals surface area contributed by atoms with Gasteiger partial charge in [0.2, 0.25) is 0 Å². The second-order valence-corrected chi connectivity index (χ2v) is 5.23. The first-order valence-corrected chi connectivity index (χ1v) is 6.93. The summed E-state index contributed by atoms with van der Waals surface area (Å²) in [5, 5.41) is 5.71. The van der Waals surface area contributed by atoms with Gasteiger partial charge in [-0.3, -0.25) is 4.68 Å². The predicted octanol–water partition coefficient (Wildman–Crippen LogP) is 2.94. The van der Waals surface area contributed by atoms with Crippen molar-refractivity contribution in [2.75, 3.05) is 7.11 Å². The lowest BCUT2D eigenvalue weighted by Crippen LogP contribution is -2.14. The fourth-order valence-electron chi connectivity index (χ4n) is 2.74. The number of ether oxygens (including phenoxy) is 1. The van der Waals surface area contributed by atoms with Gasteiger partial charge in [-0.05, 0) is 36.2 Å². The van der Waals surface area contributed by atoms with Gasteiger partial charge in [-0.2, -0.15) is 5.10 Å². The van der Waals surface area contributed by atoms with Crippen molar-refractivity contribution in [1.82, 2.24) is 9.78 Å². The third-order valence-corrected chi connectivity index (χ3v) is 3.89. The van der Waals surface area contributed by atoms with Crippen LogP contribution < -0.4 is 10.5 Å². The lowest BCUT2D eigenvalue weighted by atomic mass is 9.97.